The zero-order chi connectivity index (χ0) is 18.4. The molecule has 0 atom stereocenters. The molecule has 134 valence electrons. The van der Waals surface area contributed by atoms with E-state index in [2.05, 4.69) is 15.9 Å². The highest BCUT2D eigenvalue weighted by atomic mass is 32.1. The third-order valence-electron chi connectivity index (χ3n) is 3.98. The number of esters is 1. The summed E-state index contributed by atoms with van der Waals surface area (Å²) in [5.41, 5.74) is 3.26. The maximum atomic E-state index is 12.8. The van der Waals surface area contributed by atoms with Gasteiger partial charge in [0.05, 0.1) is 5.69 Å². The van der Waals surface area contributed by atoms with Gasteiger partial charge in [-0.05, 0) is 42.6 Å². The quantitative estimate of drug-likeness (QED) is 0.585. The lowest BCUT2D eigenvalue weighted by Crippen LogP contribution is -2.15. The lowest BCUT2D eigenvalue weighted by molar-refractivity contribution is 0.0470. The molecule has 0 radical (unpaired) electrons. The summed E-state index contributed by atoms with van der Waals surface area (Å²) in [6.45, 7) is 5.19. The number of rotatable bonds is 6. The number of ether oxygens (including phenoxy) is 1. The normalized spacial score (nSPS) is 11.5. The molecule has 0 saturated carbocycles. The summed E-state index contributed by atoms with van der Waals surface area (Å²) in [4.78, 5) is 17.5. The molecule has 0 unspecified atom stereocenters. The molecule has 1 heterocycles. The van der Waals surface area contributed by atoms with Crippen LogP contribution in [0.2, 0.25) is 0 Å². The lowest BCUT2D eigenvalue weighted by Gasteiger charge is -2.06. The number of carbonyl (C=O) groups excluding carboxylic acids is 1. The number of aromatic nitrogens is 1. The van der Waals surface area contributed by atoms with Crippen molar-refractivity contribution in [2.75, 3.05) is 0 Å². The molecule has 0 saturated heterocycles. The van der Waals surface area contributed by atoms with Crippen molar-refractivity contribution in [3.63, 3.8) is 0 Å². The van der Waals surface area contributed by atoms with Gasteiger partial charge in [0.2, 0.25) is 0 Å². The van der Waals surface area contributed by atoms with E-state index in [4.69, 9.17) is 4.74 Å². The average molecular weight is 366 g/mol. The van der Waals surface area contributed by atoms with Crippen LogP contribution in [0.1, 0.15) is 35.0 Å². The number of para-hydroxylation sites is 1. The van der Waals surface area contributed by atoms with E-state index in [-0.39, 0.29) is 12.6 Å². The molecule has 0 aliphatic rings. The summed E-state index contributed by atoms with van der Waals surface area (Å²) < 4.78 is 8.37. The molecule has 26 heavy (non-hydrogen) atoms. The maximum absolute atomic E-state index is 12.8. The van der Waals surface area contributed by atoms with Gasteiger partial charge in [0, 0.05) is 12.2 Å². The van der Waals surface area contributed by atoms with E-state index >= 15 is 0 Å². The zero-order valence-corrected chi connectivity index (χ0v) is 15.8. The van der Waals surface area contributed by atoms with E-state index in [0.29, 0.717) is 10.2 Å². The Kier molecular flexibility index (Phi) is 6.02. The molecule has 0 N–H and O–H groups in total. The van der Waals surface area contributed by atoms with Crippen molar-refractivity contribution in [2.24, 2.45) is 4.99 Å². The van der Waals surface area contributed by atoms with Gasteiger partial charge >= 0.3 is 5.97 Å². The van der Waals surface area contributed by atoms with Crippen LogP contribution in [0, 0.1) is 6.92 Å². The zero-order valence-electron chi connectivity index (χ0n) is 15.0. The Balaban J connectivity index is 1.93. The molecule has 0 aliphatic carbocycles. The van der Waals surface area contributed by atoms with E-state index in [9.17, 15) is 4.79 Å². The average Bonchev–Trinajstić information content (AvgIpc) is 2.97. The first-order valence-corrected chi connectivity index (χ1v) is 9.48. The molecule has 3 rings (SSSR count). The first kappa shape index (κ1) is 18.1. The molecule has 2 aromatic carbocycles. The van der Waals surface area contributed by atoms with E-state index in [1.807, 2.05) is 67.6 Å². The van der Waals surface area contributed by atoms with Crippen molar-refractivity contribution in [2.45, 2.75) is 33.4 Å². The summed E-state index contributed by atoms with van der Waals surface area (Å²) in [6, 6.07) is 19.4. The van der Waals surface area contributed by atoms with Crippen LogP contribution in [0.4, 0.5) is 5.69 Å². The van der Waals surface area contributed by atoms with E-state index in [0.717, 1.165) is 29.9 Å². The molecule has 0 amide bonds. The van der Waals surface area contributed by atoms with Gasteiger partial charge in [-0.3, -0.25) is 3.96 Å². The van der Waals surface area contributed by atoms with Crippen LogP contribution in [-0.4, -0.2) is 9.93 Å². The van der Waals surface area contributed by atoms with Crippen LogP contribution in [0.5, 0.6) is 0 Å². The number of carbonyl (C=O) groups is 1. The Bertz CT molecular complexity index is 928. The molecular weight excluding hydrogens is 344 g/mol. The second-order valence-electron chi connectivity index (χ2n) is 5.97. The predicted molar refractivity (Wildman–Crippen MR) is 105 cm³/mol. The molecule has 3 aromatic rings. The van der Waals surface area contributed by atoms with Gasteiger partial charge in [-0.2, -0.15) is 0 Å². The van der Waals surface area contributed by atoms with Crippen LogP contribution < -0.4 is 4.67 Å². The van der Waals surface area contributed by atoms with Crippen LogP contribution in [0.15, 0.2) is 65.7 Å². The lowest BCUT2D eigenvalue weighted by atomic mass is 10.2. The number of hydrogen-bond acceptors (Lipinski definition) is 4. The van der Waals surface area contributed by atoms with Crippen LogP contribution in [-0.2, 0) is 17.9 Å². The van der Waals surface area contributed by atoms with Gasteiger partial charge in [-0.15, -0.1) is 0 Å². The van der Waals surface area contributed by atoms with Crippen LogP contribution in [0.3, 0.4) is 0 Å². The molecule has 0 bridgehead atoms. The molecule has 0 aliphatic heterocycles. The van der Waals surface area contributed by atoms with Gasteiger partial charge in [0.25, 0.3) is 0 Å². The highest BCUT2D eigenvalue weighted by Gasteiger charge is 2.19. The van der Waals surface area contributed by atoms with Crippen molar-refractivity contribution in [3.8, 4) is 0 Å². The second kappa shape index (κ2) is 8.63. The van der Waals surface area contributed by atoms with Crippen molar-refractivity contribution in [3.05, 3.63) is 82.2 Å². The predicted octanol–water partition coefficient (Wildman–Crippen LogP) is 4.86. The molecular formula is C21H22N2O2S. The summed E-state index contributed by atoms with van der Waals surface area (Å²) in [5.74, 6) is -0.327. The first-order valence-electron chi connectivity index (χ1n) is 8.70. The Morgan fingerprint density at radius 3 is 2.38 bits per heavy atom. The van der Waals surface area contributed by atoms with Gasteiger partial charge in [0.15, 0.2) is 0 Å². The minimum absolute atomic E-state index is 0.257. The van der Waals surface area contributed by atoms with Crippen molar-refractivity contribution in [1.29, 1.82) is 0 Å². The molecule has 1 aromatic heterocycles. The summed E-state index contributed by atoms with van der Waals surface area (Å²) >= 11 is 1.50. The summed E-state index contributed by atoms with van der Waals surface area (Å²) in [7, 11) is 0. The smallest absolute Gasteiger partial charge is 0.343 e. The van der Waals surface area contributed by atoms with E-state index in [1.165, 1.54) is 11.5 Å². The topological polar surface area (TPSA) is 43.6 Å². The van der Waals surface area contributed by atoms with Crippen LogP contribution in [0.25, 0.3) is 0 Å². The number of benzene rings is 2. The fourth-order valence-electron chi connectivity index (χ4n) is 2.64. The summed E-state index contributed by atoms with van der Waals surface area (Å²) in [5, 5.41) is 0. The molecule has 0 fully saturated rings. The molecule has 5 heteroatoms. The first-order chi connectivity index (χ1) is 12.7. The minimum Gasteiger partial charge on any atom is -0.457 e. The molecule has 0 spiro atoms. The maximum Gasteiger partial charge on any atom is 0.343 e. The fraction of sp³-hybridized carbons (Fsp3) is 0.238. The number of hydrogen-bond donors (Lipinski definition) is 0. The third kappa shape index (κ3) is 4.29. The van der Waals surface area contributed by atoms with Crippen LogP contribution >= 0.6 is 11.5 Å². The van der Waals surface area contributed by atoms with Crippen molar-refractivity contribution < 1.29 is 9.53 Å². The van der Waals surface area contributed by atoms with Gasteiger partial charge in [0.1, 0.15) is 16.8 Å². The van der Waals surface area contributed by atoms with Gasteiger partial charge < -0.3 is 4.74 Å². The molecule has 4 nitrogen and oxygen atoms in total. The van der Waals surface area contributed by atoms with E-state index in [1.54, 1.807) is 0 Å². The summed E-state index contributed by atoms with van der Waals surface area (Å²) in [6.07, 6.45) is 0.995. The van der Waals surface area contributed by atoms with Crippen molar-refractivity contribution >= 4 is 23.2 Å². The highest BCUT2D eigenvalue weighted by Crippen LogP contribution is 2.16. The van der Waals surface area contributed by atoms with Gasteiger partial charge in [-0.1, -0.05) is 55.5 Å². The SMILES string of the molecule is CCCn1sc(=Nc2ccccc2)c(C(=O)OCc2ccccc2)c1C. The second-order valence-corrected chi connectivity index (χ2v) is 6.98. The Hall–Kier alpha value is -2.66. The van der Waals surface area contributed by atoms with Crippen molar-refractivity contribution in [1.82, 2.24) is 3.96 Å². The fourth-order valence-corrected chi connectivity index (χ4v) is 3.82. The Morgan fingerprint density at radius 1 is 1.08 bits per heavy atom. The minimum atomic E-state index is -0.327. The largest absolute Gasteiger partial charge is 0.457 e. The standard InChI is InChI=1S/C21H22N2O2S/c1-3-14-23-16(2)19(20(26-23)22-18-12-8-5-9-13-18)21(24)25-15-17-10-6-4-7-11-17/h4-13H,3,14-15H2,1-2H3. The van der Waals surface area contributed by atoms with Gasteiger partial charge in [-0.25, -0.2) is 9.79 Å². The Labute approximate surface area is 157 Å². The number of aryl methyl sites for hydroxylation is 1. The van der Waals surface area contributed by atoms with E-state index < -0.39 is 0 Å². The Morgan fingerprint density at radius 2 is 1.73 bits per heavy atom. The highest BCUT2D eigenvalue weighted by molar-refractivity contribution is 7.04. The number of nitrogens with zero attached hydrogens (tertiary/aromatic N) is 2. The monoisotopic (exact) mass is 366 g/mol. The third-order valence-corrected chi connectivity index (χ3v) is 5.12.